The minimum Gasteiger partial charge on any atom is -0.366 e. The molecule has 138 valence electrons. The van der Waals surface area contributed by atoms with Crippen LogP contribution in [0.4, 0.5) is 0 Å². The van der Waals surface area contributed by atoms with Crippen molar-refractivity contribution in [3.63, 3.8) is 0 Å². The van der Waals surface area contributed by atoms with E-state index in [1.807, 2.05) is 6.92 Å². The molecule has 1 unspecified atom stereocenters. The van der Waals surface area contributed by atoms with Gasteiger partial charge >= 0.3 is 0 Å². The molecule has 27 heavy (non-hydrogen) atoms. The first kappa shape index (κ1) is 17.6. The normalized spacial score (nSPS) is 15.7. The summed E-state index contributed by atoms with van der Waals surface area (Å²) in [4.78, 5) is 12.4. The van der Waals surface area contributed by atoms with Crippen LogP contribution in [0.3, 0.4) is 0 Å². The summed E-state index contributed by atoms with van der Waals surface area (Å²) in [6.45, 7) is 6.28. The number of nitrogens with two attached hydrogens (primary N) is 1. The molecule has 3 aromatic rings. The van der Waals surface area contributed by atoms with Crippen molar-refractivity contribution in [1.82, 2.24) is 4.57 Å². The SMILES string of the molecule is CCc1c(-c2ccc(C)cc2)c(C(N)=O)c(C)n1C1CCc2ccccc21. The van der Waals surface area contributed by atoms with Gasteiger partial charge in [0.2, 0.25) is 0 Å². The van der Waals surface area contributed by atoms with Gasteiger partial charge in [-0.3, -0.25) is 4.79 Å². The number of aromatic nitrogens is 1. The molecule has 2 N–H and O–H groups in total. The highest BCUT2D eigenvalue weighted by Crippen LogP contribution is 2.41. The van der Waals surface area contributed by atoms with E-state index in [2.05, 4.69) is 66.9 Å². The molecule has 0 radical (unpaired) electrons. The van der Waals surface area contributed by atoms with Gasteiger partial charge < -0.3 is 10.3 Å². The number of nitrogens with zero attached hydrogens (tertiary/aromatic N) is 1. The predicted octanol–water partition coefficient (Wildman–Crippen LogP) is 4.97. The predicted molar refractivity (Wildman–Crippen MR) is 110 cm³/mol. The molecule has 1 atom stereocenters. The van der Waals surface area contributed by atoms with Crippen LogP contribution in [0.5, 0.6) is 0 Å². The summed E-state index contributed by atoms with van der Waals surface area (Å²) in [5, 5.41) is 0. The Hall–Kier alpha value is -2.81. The number of carbonyl (C=O) groups is 1. The molecule has 0 spiro atoms. The first-order valence-electron chi connectivity index (χ1n) is 9.71. The Morgan fingerprint density at radius 3 is 2.48 bits per heavy atom. The molecule has 3 nitrogen and oxygen atoms in total. The van der Waals surface area contributed by atoms with Crippen molar-refractivity contribution in [2.75, 3.05) is 0 Å². The smallest absolute Gasteiger partial charge is 0.251 e. The number of primary amides is 1. The third-order valence-electron chi connectivity index (χ3n) is 5.89. The van der Waals surface area contributed by atoms with Crippen LogP contribution in [-0.2, 0) is 12.8 Å². The average Bonchev–Trinajstić information content (AvgIpc) is 3.20. The fourth-order valence-electron chi connectivity index (χ4n) is 4.67. The molecule has 1 aliphatic carbocycles. The Kier molecular flexibility index (Phi) is 4.39. The molecule has 0 bridgehead atoms. The number of rotatable bonds is 4. The Bertz CT molecular complexity index is 1010. The zero-order valence-corrected chi connectivity index (χ0v) is 16.3. The first-order chi connectivity index (χ1) is 13.0. The number of hydrogen-bond donors (Lipinski definition) is 1. The molecular weight excluding hydrogens is 332 g/mol. The summed E-state index contributed by atoms with van der Waals surface area (Å²) in [7, 11) is 0. The molecular formula is C24H26N2O. The topological polar surface area (TPSA) is 48.0 Å². The second-order valence-electron chi connectivity index (χ2n) is 7.49. The summed E-state index contributed by atoms with van der Waals surface area (Å²) in [5.74, 6) is -0.345. The van der Waals surface area contributed by atoms with Crippen LogP contribution in [0.2, 0.25) is 0 Å². The third kappa shape index (κ3) is 2.78. The summed E-state index contributed by atoms with van der Waals surface area (Å²) in [6, 6.07) is 17.3. The highest BCUT2D eigenvalue weighted by molar-refractivity contribution is 6.02. The minimum absolute atomic E-state index is 0.272. The van der Waals surface area contributed by atoms with E-state index >= 15 is 0 Å². The Labute approximate surface area is 160 Å². The van der Waals surface area contributed by atoms with Crippen LogP contribution in [0.25, 0.3) is 11.1 Å². The first-order valence-corrected chi connectivity index (χ1v) is 9.71. The molecule has 1 aliphatic rings. The lowest BCUT2D eigenvalue weighted by Gasteiger charge is -2.20. The van der Waals surface area contributed by atoms with Crippen molar-refractivity contribution in [3.05, 3.63) is 82.2 Å². The van der Waals surface area contributed by atoms with Crippen molar-refractivity contribution in [2.45, 2.75) is 46.1 Å². The van der Waals surface area contributed by atoms with E-state index in [0.717, 1.165) is 36.1 Å². The van der Waals surface area contributed by atoms with E-state index in [9.17, 15) is 4.79 Å². The molecule has 0 aliphatic heterocycles. The molecule has 0 fully saturated rings. The van der Waals surface area contributed by atoms with E-state index in [-0.39, 0.29) is 11.9 Å². The number of amides is 1. The van der Waals surface area contributed by atoms with Crippen LogP contribution in [-0.4, -0.2) is 10.5 Å². The van der Waals surface area contributed by atoms with Crippen LogP contribution < -0.4 is 5.73 Å². The fraction of sp³-hybridized carbons (Fsp3) is 0.292. The fourth-order valence-corrected chi connectivity index (χ4v) is 4.67. The largest absolute Gasteiger partial charge is 0.366 e. The van der Waals surface area contributed by atoms with Gasteiger partial charge in [-0.05, 0) is 49.8 Å². The Balaban J connectivity index is 1.98. The highest BCUT2D eigenvalue weighted by atomic mass is 16.1. The van der Waals surface area contributed by atoms with Gasteiger partial charge in [0.25, 0.3) is 5.91 Å². The van der Waals surface area contributed by atoms with Gasteiger partial charge in [-0.25, -0.2) is 0 Å². The molecule has 1 amide bonds. The summed E-state index contributed by atoms with van der Waals surface area (Å²) < 4.78 is 2.38. The second kappa shape index (κ2) is 6.73. The van der Waals surface area contributed by atoms with E-state index in [1.54, 1.807) is 0 Å². The molecule has 1 heterocycles. The van der Waals surface area contributed by atoms with Gasteiger partial charge in [-0.1, -0.05) is 61.0 Å². The second-order valence-corrected chi connectivity index (χ2v) is 7.49. The van der Waals surface area contributed by atoms with Gasteiger partial charge in [0, 0.05) is 17.0 Å². The van der Waals surface area contributed by atoms with E-state index in [1.165, 1.54) is 22.4 Å². The molecule has 0 saturated carbocycles. The van der Waals surface area contributed by atoms with Crippen molar-refractivity contribution < 1.29 is 4.79 Å². The zero-order chi connectivity index (χ0) is 19.1. The van der Waals surface area contributed by atoms with E-state index in [0.29, 0.717) is 5.56 Å². The van der Waals surface area contributed by atoms with Gasteiger partial charge in [0.05, 0.1) is 11.6 Å². The lowest BCUT2D eigenvalue weighted by molar-refractivity contribution is 0.1000. The summed E-state index contributed by atoms with van der Waals surface area (Å²) >= 11 is 0. The minimum atomic E-state index is -0.345. The molecule has 4 rings (SSSR count). The average molecular weight is 358 g/mol. The van der Waals surface area contributed by atoms with Gasteiger partial charge in [0.1, 0.15) is 0 Å². The Morgan fingerprint density at radius 2 is 1.81 bits per heavy atom. The van der Waals surface area contributed by atoms with Crippen molar-refractivity contribution in [1.29, 1.82) is 0 Å². The molecule has 1 aromatic heterocycles. The highest BCUT2D eigenvalue weighted by Gasteiger charge is 2.31. The van der Waals surface area contributed by atoms with Crippen molar-refractivity contribution in [2.24, 2.45) is 5.73 Å². The van der Waals surface area contributed by atoms with Crippen LogP contribution in [0.1, 0.15) is 57.8 Å². The summed E-state index contributed by atoms with van der Waals surface area (Å²) in [5.41, 5.74) is 14.8. The van der Waals surface area contributed by atoms with Crippen molar-refractivity contribution in [3.8, 4) is 11.1 Å². The van der Waals surface area contributed by atoms with Crippen LogP contribution in [0, 0.1) is 13.8 Å². The van der Waals surface area contributed by atoms with Crippen molar-refractivity contribution >= 4 is 5.91 Å². The lowest BCUT2D eigenvalue weighted by Crippen LogP contribution is -2.15. The number of carbonyl (C=O) groups excluding carboxylic acids is 1. The van der Waals surface area contributed by atoms with Gasteiger partial charge in [-0.2, -0.15) is 0 Å². The third-order valence-corrected chi connectivity index (χ3v) is 5.89. The lowest BCUT2D eigenvalue weighted by atomic mass is 9.98. The maximum absolute atomic E-state index is 12.4. The zero-order valence-electron chi connectivity index (χ0n) is 16.3. The monoisotopic (exact) mass is 358 g/mol. The number of hydrogen-bond acceptors (Lipinski definition) is 1. The maximum Gasteiger partial charge on any atom is 0.251 e. The molecule has 3 heteroatoms. The summed E-state index contributed by atoms with van der Waals surface area (Å²) in [6.07, 6.45) is 3.00. The van der Waals surface area contributed by atoms with Crippen LogP contribution in [0.15, 0.2) is 48.5 Å². The van der Waals surface area contributed by atoms with Crippen LogP contribution >= 0.6 is 0 Å². The Morgan fingerprint density at radius 1 is 1.11 bits per heavy atom. The number of aryl methyl sites for hydroxylation is 2. The number of benzene rings is 2. The van der Waals surface area contributed by atoms with Gasteiger partial charge in [-0.15, -0.1) is 0 Å². The maximum atomic E-state index is 12.4. The molecule has 2 aromatic carbocycles. The van der Waals surface area contributed by atoms with Gasteiger partial charge in [0.15, 0.2) is 0 Å². The molecule has 0 saturated heterocycles. The number of fused-ring (bicyclic) bond motifs is 1. The van der Waals surface area contributed by atoms with E-state index in [4.69, 9.17) is 5.73 Å². The standard InChI is InChI=1S/C24H26N2O/c1-4-20-23(18-11-9-15(2)10-12-18)22(24(25)27)16(3)26(20)21-14-13-17-7-5-6-8-19(17)21/h5-12,21H,4,13-14H2,1-3H3,(H2,25,27). The van der Waals surface area contributed by atoms with E-state index < -0.39 is 0 Å². The quantitative estimate of drug-likeness (QED) is 0.703.